The minimum atomic E-state index is 0.198. The van der Waals surface area contributed by atoms with Crippen molar-refractivity contribution in [2.24, 2.45) is 5.92 Å². The lowest BCUT2D eigenvalue weighted by Crippen LogP contribution is -2.51. The maximum Gasteiger partial charge on any atom is 0.225 e. The van der Waals surface area contributed by atoms with Crippen LogP contribution in [0.2, 0.25) is 0 Å². The van der Waals surface area contributed by atoms with Crippen LogP contribution in [-0.4, -0.2) is 25.5 Å². The number of rotatable bonds is 4. The van der Waals surface area contributed by atoms with Crippen molar-refractivity contribution in [3.8, 4) is 0 Å². The highest BCUT2D eigenvalue weighted by molar-refractivity contribution is 5.79. The number of fused-ring (bicyclic) bond motifs is 1. The van der Waals surface area contributed by atoms with E-state index in [0.717, 1.165) is 26.1 Å². The molecule has 1 fully saturated rings. The maximum atomic E-state index is 11.7. The smallest absolute Gasteiger partial charge is 0.225 e. The number of nitrogens with one attached hydrogen (secondary N) is 2. The molecule has 1 saturated heterocycles. The summed E-state index contributed by atoms with van der Waals surface area (Å²) in [4.78, 5) is 11.7. The third-order valence-electron chi connectivity index (χ3n) is 4.28. The lowest BCUT2D eigenvalue weighted by Gasteiger charge is -2.25. The van der Waals surface area contributed by atoms with Crippen LogP contribution in [-0.2, 0) is 24.1 Å². The molecule has 3 rings (SSSR count). The number of amides is 1. The van der Waals surface area contributed by atoms with Crippen LogP contribution in [0.1, 0.15) is 29.5 Å². The van der Waals surface area contributed by atoms with Gasteiger partial charge in [-0.1, -0.05) is 18.2 Å². The van der Waals surface area contributed by atoms with Gasteiger partial charge in [0.2, 0.25) is 5.91 Å². The predicted octanol–water partition coefficient (Wildman–Crippen LogP) is 1.44. The number of hydrogen-bond acceptors (Lipinski definition) is 2. The fourth-order valence-corrected chi connectivity index (χ4v) is 2.89. The van der Waals surface area contributed by atoms with Gasteiger partial charge in [-0.3, -0.25) is 4.79 Å². The van der Waals surface area contributed by atoms with Gasteiger partial charge in [-0.25, -0.2) is 0 Å². The zero-order valence-corrected chi connectivity index (χ0v) is 11.4. The molecule has 2 aliphatic rings. The molecule has 1 aromatic rings. The lowest BCUT2D eigenvalue weighted by molar-refractivity contribution is -0.126. The van der Waals surface area contributed by atoms with Gasteiger partial charge in [-0.15, -0.1) is 0 Å². The van der Waals surface area contributed by atoms with Gasteiger partial charge in [-0.05, 0) is 48.8 Å². The van der Waals surface area contributed by atoms with Gasteiger partial charge < -0.3 is 10.6 Å². The van der Waals surface area contributed by atoms with Gasteiger partial charge in [0.05, 0.1) is 5.92 Å². The Morgan fingerprint density at radius 3 is 2.74 bits per heavy atom. The Bertz CT molecular complexity index is 466. The molecule has 0 bridgehead atoms. The Balaban J connectivity index is 1.50. The highest BCUT2D eigenvalue weighted by Crippen LogP contribution is 2.22. The van der Waals surface area contributed by atoms with E-state index in [-0.39, 0.29) is 11.8 Å². The third-order valence-corrected chi connectivity index (χ3v) is 4.28. The minimum absolute atomic E-state index is 0.198. The van der Waals surface area contributed by atoms with E-state index in [4.69, 9.17) is 0 Å². The van der Waals surface area contributed by atoms with Gasteiger partial charge in [0.1, 0.15) is 0 Å². The molecule has 1 aliphatic heterocycles. The summed E-state index contributed by atoms with van der Waals surface area (Å²) < 4.78 is 0. The summed E-state index contributed by atoms with van der Waals surface area (Å²) in [6.45, 7) is 2.43. The second kappa shape index (κ2) is 5.74. The number of carbonyl (C=O) groups excluding carboxylic acids is 1. The summed E-state index contributed by atoms with van der Waals surface area (Å²) in [5.41, 5.74) is 4.41. The summed E-state index contributed by atoms with van der Waals surface area (Å²) in [6, 6.07) is 6.84. The van der Waals surface area contributed by atoms with Crippen LogP contribution in [0.3, 0.4) is 0 Å². The Labute approximate surface area is 114 Å². The van der Waals surface area contributed by atoms with Crippen molar-refractivity contribution >= 4 is 5.91 Å². The average Bonchev–Trinajstić information content (AvgIpc) is 2.36. The first-order valence-electron chi connectivity index (χ1n) is 7.42. The van der Waals surface area contributed by atoms with Crippen LogP contribution >= 0.6 is 0 Å². The molecular formula is C16H22N2O. The van der Waals surface area contributed by atoms with E-state index in [2.05, 4.69) is 28.8 Å². The van der Waals surface area contributed by atoms with Crippen LogP contribution < -0.4 is 10.6 Å². The predicted molar refractivity (Wildman–Crippen MR) is 76.2 cm³/mol. The number of benzene rings is 1. The van der Waals surface area contributed by atoms with E-state index < -0.39 is 0 Å². The molecule has 102 valence electrons. The quantitative estimate of drug-likeness (QED) is 0.858. The molecule has 3 heteroatoms. The van der Waals surface area contributed by atoms with E-state index in [9.17, 15) is 4.79 Å². The van der Waals surface area contributed by atoms with E-state index in [1.165, 1.54) is 42.4 Å². The molecule has 3 nitrogen and oxygen atoms in total. The first-order chi connectivity index (χ1) is 9.33. The first kappa shape index (κ1) is 12.7. The molecule has 0 aromatic heterocycles. The average molecular weight is 258 g/mol. The van der Waals surface area contributed by atoms with Crippen molar-refractivity contribution in [3.63, 3.8) is 0 Å². The molecule has 0 saturated carbocycles. The SMILES string of the molecule is O=C(NCCc1ccc2c(c1)CCCC2)C1CNC1. The van der Waals surface area contributed by atoms with E-state index in [1.807, 2.05) is 0 Å². The fraction of sp³-hybridized carbons (Fsp3) is 0.562. The summed E-state index contributed by atoms with van der Waals surface area (Å²) in [7, 11) is 0. The molecule has 0 spiro atoms. The highest BCUT2D eigenvalue weighted by Gasteiger charge is 2.24. The summed E-state index contributed by atoms with van der Waals surface area (Å²) in [6.07, 6.45) is 6.06. The van der Waals surface area contributed by atoms with Crippen LogP contribution in [0.4, 0.5) is 0 Å². The van der Waals surface area contributed by atoms with Crippen molar-refractivity contribution in [1.82, 2.24) is 10.6 Å². The van der Waals surface area contributed by atoms with Crippen molar-refractivity contribution < 1.29 is 4.79 Å². The van der Waals surface area contributed by atoms with Gasteiger partial charge in [0, 0.05) is 19.6 Å². The normalized spacial score (nSPS) is 18.5. The Hall–Kier alpha value is -1.35. The van der Waals surface area contributed by atoms with Crippen molar-refractivity contribution in [3.05, 3.63) is 34.9 Å². The third kappa shape index (κ3) is 2.98. The molecule has 1 aromatic carbocycles. The van der Waals surface area contributed by atoms with Crippen LogP contribution in [0, 0.1) is 5.92 Å². The molecule has 2 N–H and O–H groups in total. The first-order valence-corrected chi connectivity index (χ1v) is 7.42. The summed E-state index contributed by atoms with van der Waals surface area (Å²) >= 11 is 0. The number of carbonyl (C=O) groups is 1. The second-order valence-electron chi connectivity index (χ2n) is 5.71. The van der Waals surface area contributed by atoms with Crippen molar-refractivity contribution in [2.75, 3.05) is 19.6 Å². The van der Waals surface area contributed by atoms with E-state index >= 15 is 0 Å². The molecule has 0 radical (unpaired) electrons. The summed E-state index contributed by atoms with van der Waals surface area (Å²) in [5.74, 6) is 0.403. The minimum Gasteiger partial charge on any atom is -0.355 e. The Kier molecular flexibility index (Phi) is 3.83. The molecule has 19 heavy (non-hydrogen) atoms. The fourth-order valence-electron chi connectivity index (χ4n) is 2.89. The zero-order valence-electron chi connectivity index (χ0n) is 11.4. The molecule has 1 aliphatic carbocycles. The molecule has 1 heterocycles. The Morgan fingerprint density at radius 1 is 1.21 bits per heavy atom. The van der Waals surface area contributed by atoms with Crippen LogP contribution in [0.15, 0.2) is 18.2 Å². The molecule has 1 amide bonds. The van der Waals surface area contributed by atoms with Crippen LogP contribution in [0.25, 0.3) is 0 Å². The Morgan fingerprint density at radius 2 is 2.00 bits per heavy atom. The van der Waals surface area contributed by atoms with Gasteiger partial charge in [0.15, 0.2) is 0 Å². The molecule has 0 atom stereocenters. The van der Waals surface area contributed by atoms with Gasteiger partial charge >= 0.3 is 0 Å². The molecule has 0 unspecified atom stereocenters. The zero-order chi connectivity index (χ0) is 13.1. The monoisotopic (exact) mass is 258 g/mol. The largest absolute Gasteiger partial charge is 0.355 e. The number of aryl methyl sites for hydroxylation is 2. The topological polar surface area (TPSA) is 41.1 Å². The maximum absolute atomic E-state index is 11.7. The van der Waals surface area contributed by atoms with Crippen LogP contribution in [0.5, 0.6) is 0 Å². The van der Waals surface area contributed by atoms with Gasteiger partial charge in [0.25, 0.3) is 0 Å². The number of hydrogen-bond donors (Lipinski definition) is 2. The highest BCUT2D eigenvalue weighted by atomic mass is 16.2. The van der Waals surface area contributed by atoms with E-state index in [1.54, 1.807) is 0 Å². The van der Waals surface area contributed by atoms with Gasteiger partial charge in [-0.2, -0.15) is 0 Å². The van der Waals surface area contributed by atoms with E-state index in [0.29, 0.717) is 0 Å². The van der Waals surface area contributed by atoms with Crippen molar-refractivity contribution in [1.29, 1.82) is 0 Å². The second-order valence-corrected chi connectivity index (χ2v) is 5.71. The standard InChI is InChI=1S/C16H22N2O/c19-16(15-10-17-11-15)18-8-7-12-5-6-13-3-1-2-4-14(13)9-12/h5-6,9,15,17H,1-4,7-8,10-11H2,(H,18,19). The lowest BCUT2D eigenvalue weighted by atomic mass is 9.90. The van der Waals surface area contributed by atoms with Crippen molar-refractivity contribution in [2.45, 2.75) is 32.1 Å². The molecular weight excluding hydrogens is 236 g/mol. The summed E-state index contributed by atoms with van der Waals surface area (Å²) in [5, 5.41) is 6.16.